The van der Waals surface area contributed by atoms with E-state index in [4.69, 9.17) is 4.74 Å². The minimum absolute atomic E-state index is 0.175. The van der Waals surface area contributed by atoms with Crippen LogP contribution in [0.2, 0.25) is 0 Å². The fraction of sp³-hybridized carbons (Fsp3) is 0.929. The molecule has 4 nitrogen and oxygen atoms in total. The summed E-state index contributed by atoms with van der Waals surface area (Å²) in [5, 5.41) is 3.46. The Morgan fingerprint density at radius 3 is 2.94 bits per heavy atom. The number of hydrogen-bond acceptors (Lipinski definition) is 3. The molecule has 3 aliphatic heterocycles. The van der Waals surface area contributed by atoms with Crippen LogP contribution in [0, 0.1) is 17.8 Å². The summed E-state index contributed by atoms with van der Waals surface area (Å²) >= 11 is 0. The van der Waals surface area contributed by atoms with Gasteiger partial charge in [0.1, 0.15) is 6.10 Å². The predicted octanol–water partition coefficient (Wildman–Crippen LogP) is 0.868. The van der Waals surface area contributed by atoms with Crippen molar-refractivity contribution in [1.29, 1.82) is 0 Å². The molecule has 1 amide bonds. The van der Waals surface area contributed by atoms with Crippen molar-refractivity contribution >= 4 is 5.91 Å². The summed E-state index contributed by atoms with van der Waals surface area (Å²) in [6, 6.07) is 0.425. The second kappa shape index (κ2) is 4.82. The molecule has 3 aliphatic rings. The predicted molar refractivity (Wildman–Crippen MR) is 69.2 cm³/mol. The third kappa shape index (κ3) is 1.86. The maximum atomic E-state index is 12.6. The Hall–Kier alpha value is -0.610. The maximum absolute atomic E-state index is 12.6. The van der Waals surface area contributed by atoms with Gasteiger partial charge in [-0.25, -0.2) is 0 Å². The number of hydrogen-bond donors (Lipinski definition) is 1. The fourth-order valence-corrected chi connectivity index (χ4v) is 3.97. The SMILES string of the molecule is CCC1C2CNCC2CN1C(=O)C1OCCC1C. The van der Waals surface area contributed by atoms with Crippen molar-refractivity contribution in [2.75, 3.05) is 26.2 Å². The summed E-state index contributed by atoms with van der Waals surface area (Å²) in [5.41, 5.74) is 0. The molecule has 0 bridgehead atoms. The van der Waals surface area contributed by atoms with E-state index in [2.05, 4.69) is 24.1 Å². The highest BCUT2D eigenvalue weighted by Crippen LogP contribution is 2.36. The molecule has 3 fully saturated rings. The lowest BCUT2D eigenvalue weighted by atomic mass is 9.92. The molecular weight excluding hydrogens is 228 g/mol. The molecule has 0 aliphatic carbocycles. The quantitative estimate of drug-likeness (QED) is 0.793. The standard InChI is InChI=1S/C14H24N2O2/c1-3-12-11-7-15-6-10(11)8-16(12)14(17)13-9(2)4-5-18-13/h9-13,15H,3-8H2,1-2H3. The third-order valence-electron chi connectivity index (χ3n) is 5.05. The van der Waals surface area contributed by atoms with Gasteiger partial charge in [0.05, 0.1) is 0 Å². The van der Waals surface area contributed by atoms with Crippen LogP contribution in [0.5, 0.6) is 0 Å². The van der Waals surface area contributed by atoms with Gasteiger partial charge in [0.15, 0.2) is 0 Å². The van der Waals surface area contributed by atoms with Gasteiger partial charge in [-0.05, 0) is 30.6 Å². The zero-order valence-corrected chi connectivity index (χ0v) is 11.4. The Kier molecular flexibility index (Phi) is 3.32. The molecule has 0 spiro atoms. The molecule has 3 heterocycles. The molecule has 0 radical (unpaired) electrons. The average Bonchev–Trinajstić information content (AvgIpc) is 3.01. The van der Waals surface area contributed by atoms with E-state index in [0.29, 0.717) is 23.8 Å². The molecular formula is C14H24N2O2. The van der Waals surface area contributed by atoms with Crippen LogP contribution in [-0.4, -0.2) is 49.2 Å². The lowest BCUT2D eigenvalue weighted by Crippen LogP contribution is -2.46. The molecule has 0 saturated carbocycles. The summed E-state index contributed by atoms with van der Waals surface area (Å²) in [6.07, 6.45) is 1.91. The molecule has 0 aromatic heterocycles. The monoisotopic (exact) mass is 252 g/mol. The van der Waals surface area contributed by atoms with Crippen LogP contribution in [0.4, 0.5) is 0 Å². The first kappa shape index (κ1) is 12.4. The molecule has 18 heavy (non-hydrogen) atoms. The van der Waals surface area contributed by atoms with E-state index in [0.717, 1.165) is 39.1 Å². The zero-order chi connectivity index (χ0) is 12.7. The number of carbonyl (C=O) groups excluding carboxylic acids is 1. The smallest absolute Gasteiger partial charge is 0.252 e. The maximum Gasteiger partial charge on any atom is 0.252 e. The number of ether oxygens (including phenoxy) is 1. The van der Waals surface area contributed by atoms with Gasteiger partial charge in [-0.1, -0.05) is 13.8 Å². The van der Waals surface area contributed by atoms with E-state index in [1.807, 2.05) is 0 Å². The van der Waals surface area contributed by atoms with E-state index in [-0.39, 0.29) is 12.0 Å². The van der Waals surface area contributed by atoms with Crippen LogP contribution in [0.3, 0.4) is 0 Å². The summed E-state index contributed by atoms with van der Waals surface area (Å²) in [6.45, 7) is 8.16. The highest BCUT2D eigenvalue weighted by Gasteiger charge is 2.47. The normalized spacial score (nSPS) is 43.4. The van der Waals surface area contributed by atoms with Gasteiger partial charge in [-0.2, -0.15) is 0 Å². The second-order valence-corrected chi connectivity index (χ2v) is 6.11. The number of rotatable bonds is 2. The van der Waals surface area contributed by atoms with E-state index >= 15 is 0 Å². The van der Waals surface area contributed by atoms with Crippen LogP contribution >= 0.6 is 0 Å². The van der Waals surface area contributed by atoms with Gasteiger partial charge < -0.3 is 15.0 Å². The van der Waals surface area contributed by atoms with E-state index in [9.17, 15) is 4.79 Å². The van der Waals surface area contributed by atoms with Gasteiger partial charge in [-0.15, -0.1) is 0 Å². The van der Waals surface area contributed by atoms with Crippen LogP contribution < -0.4 is 5.32 Å². The average molecular weight is 252 g/mol. The van der Waals surface area contributed by atoms with Crippen molar-refractivity contribution in [3.8, 4) is 0 Å². The van der Waals surface area contributed by atoms with Crippen molar-refractivity contribution in [3.05, 3.63) is 0 Å². The van der Waals surface area contributed by atoms with E-state index in [1.54, 1.807) is 0 Å². The minimum Gasteiger partial charge on any atom is -0.368 e. The third-order valence-corrected chi connectivity index (χ3v) is 5.05. The Labute approximate surface area is 109 Å². The summed E-state index contributed by atoms with van der Waals surface area (Å²) in [5.74, 6) is 1.96. The van der Waals surface area contributed by atoms with Gasteiger partial charge in [0, 0.05) is 32.3 Å². The first-order valence-corrected chi connectivity index (χ1v) is 7.35. The van der Waals surface area contributed by atoms with Crippen molar-refractivity contribution in [2.24, 2.45) is 17.8 Å². The van der Waals surface area contributed by atoms with Crippen molar-refractivity contribution < 1.29 is 9.53 Å². The molecule has 1 N–H and O–H groups in total. The number of likely N-dealkylation sites (tertiary alicyclic amines) is 1. The van der Waals surface area contributed by atoms with Crippen LogP contribution in [0.1, 0.15) is 26.7 Å². The first-order chi connectivity index (χ1) is 8.72. The molecule has 0 aromatic carbocycles. The summed E-state index contributed by atoms with van der Waals surface area (Å²) in [7, 11) is 0. The fourth-order valence-electron chi connectivity index (χ4n) is 3.97. The molecule has 5 unspecified atom stereocenters. The Morgan fingerprint density at radius 2 is 2.28 bits per heavy atom. The molecule has 102 valence electrons. The number of amides is 1. The topological polar surface area (TPSA) is 41.6 Å². The Bertz CT molecular complexity index is 334. The van der Waals surface area contributed by atoms with Crippen molar-refractivity contribution in [1.82, 2.24) is 10.2 Å². The molecule has 3 saturated heterocycles. The number of carbonyl (C=O) groups is 1. The minimum atomic E-state index is -0.175. The Balaban J connectivity index is 1.73. The first-order valence-electron chi connectivity index (χ1n) is 7.35. The lowest BCUT2D eigenvalue weighted by Gasteiger charge is -2.30. The number of fused-ring (bicyclic) bond motifs is 1. The van der Waals surface area contributed by atoms with Crippen LogP contribution in [0.25, 0.3) is 0 Å². The Morgan fingerprint density at radius 1 is 1.44 bits per heavy atom. The lowest BCUT2D eigenvalue weighted by molar-refractivity contribution is -0.143. The van der Waals surface area contributed by atoms with E-state index < -0.39 is 0 Å². The molecule has 5 atom stereocenters. The van der Waals surface area contributed by atoms with Crippen molar-refractivity contribution in [3.63, 3.8) is 0 Å². The largest absolute Gasteiger partial charge is 0.368 e. The van der Waals surface area contributed by atoms with Gasteiger partial charge in [0.25, 0.3) is 5.91 Å². The zero-order valence-electron chi connectivity index (χ0n) is 11.4. The second-order valence-electron chi connectivity index (χ2n) is 6.11. The van der Waals surface area contributed by atoms with Crippen LogP contribution in [-0.2, 0) is 9.53 Å². The van der Waals surface area contributed by atoms with Gasteiger partial charge >= 0.3 is 0 Å². The summed E-state index contributed by atoms with van der Waals surface area (Å²) in [4.78, 5) is 14.8. The van der Waals surface area contributed by atoms with E-state index in [1.165, 1.54) is 0 Å². The number of nitrogens with one attached hydrogen (secondary N) is 1. The van der Waals surface area contributed by atoms with Crippen LogP contribution in [0.15, 0.2) is 0 Å². The van der Waals surface area contributed by atoms with Crippen molar-refractivity contribution in [2.45, 2.75) is 38.8 Å². The number of nitrogens with zero attached hydrogens (tertiary/aromatic N) is 1. The highest BCUT2D eigenvalue weighted by atomic mass is 16.5. The molecule has 4 heteroatoms. The van der Waals surface area contributed by atoms with Gasteiger partial charge in [-0.3, -0.25) is 4.79 Å². The highest BCUT2D eigenvalue weighted by molar-refractivity contribution is 5.82. The molecule has 3 rings (SSSR count). The van der Waals surface area contributed by atoms with Gasteiger partial charge in [0.2, 0.25) is 0 Å². The molecule has 0 aromatic rings. The summed E-state index contributed by atoms with van der Waals surface area (Å²) < 4.78 is 5.65.